The Kier molecular flexibility index (Phi) is 5.54. The van der Waals surface area contributed by atoms with Gasteiger partial charge in [0, 0.05) is 0 Å². The molecule has 0 saturated heterocycles. The van der Waals surface area contributed by atoms with Crippen molar-refractivity contribution in [3.63, 3.8) is 0 Å². The first kappa shape index (κ1) is 17.5. The van der Waals surface area contributed by atoms with E-state index in [2.05, 4.69) is 0 Å². The minimum atomic E-state index is -0.889. The zero-order valence-electron chi connectivity index (χ0n) is 14.2. The molecule has 1 unspecified atom stereocenters. The Labute approximate surface area is 152 Å². The summed E-state index contributed by atoms with van der Waals surface area (Å²) in [5, 5.41) is 18.9. The molecule has 3 aromatic rings. The lowest BCUT2D eigenvalue weighted by Gasteiger charge is -2.14. The molecule has 0 saturated carbocycles. The Balaban J connectivity index is 1.65. The molecule has 3 aromatic carbocycles. The number of ether oxygens (including phenoxy) is 1. The number of rotatable bonds is 7. The Bertz CT molecular complexity index is 840. The van der Waals surface area contributed by atoms with E-state index in [9.17, 15) is 15.0 Å². The average Bonchev–Trinajstić information content (AvgIpc) is 2.67. The van der Waals surface area contributed by atoms with E-state index in [1.54, 1.807) is 12.1 Å². The summed E-state index contributed by atoms with van der Waals surface area (Å²) < 4.78 is 5.75. The standard InChI is InChI=1S/C22H20O4/c23-19-10-8-18(9-11-19)21(22(24)25)14-16-6-12-20(13-7-16)26-15-17-4-2-1-3-5-17/h1-13,21,23H,14-15H2,(H,24,25). The lowest BCUT2D eigenvalue weighted by atomic mass is 9.92. The van der Waals surface area contributed by atoms with Gasteiger partial charge in [-0.2, -0.15) is 0 Å². The maximum absolute atomic E-state index is 11.6. The van der Waals surface area contributed by atoms with E-state index in [0.29, 0.717) is 18.6 Å². The van der Waals surface area contributed by atoms with Gasteiger partial charge in [-0.1, -0.05) is 54.6 Å². The molecule has 0 aliphatic rings. The van der Waals surface area contributed by atoms with Crippen molar-refractivity contribution < 1.29 is 19.7 Å². The van der Waals surface area contributed by atoms with Crippen LogP contribution in [0.3, 0.4) is 0 Å². The average molecular weight is 348 g/mol. The molecule has 1 atom stereocenters. The number of aromatic hydroxyl groups is 1. The van der Waals surface area contributed by atoms with Gasteiger partial charge in [-0.25, -0.2) is 0 Å². The highest BCUT2D eigenvalue weighted by atomic mass is 16.5. The number of hydrogen-bond acceptors (Lipinski definition) is 3. The number of aliphatic carboxylic acids is 1. The predicted molar refractivity (Wildman–Crippen MR) is 99.4 cm³/mol. The van der Waals surface area contributed by atoms with Crippen molar-refractivity contribution >= 4 is 5.97 Å². The molecule has 2 N–H and O–H groups in total. The van der Waals surface area contributed by atoms with Crippen LogP contribution in [0.15, 0.2) is 78.9 Å². The first-order valence-corrected chi connectivity index (χ1v) is 8.39. The van der Waals surface area contributed by atoms with E-state index in [1.165, 1.54) is 12.1 Å². The number of hydrogen-bond donors (Lipinski definition) is 2. The topological polar surface area (TPSA) is 66.8 Å². The summed E-state index contributed by atoms with van der Waals surface area (Å²) in [7, 11) is 0. The van der Waals surface area contributed by atoms with Crippen LogP contribution in [-0.2, 0) is 17.8 Å². The van der Waals surface area contributed by atoms with Crippen molar-refractivity contribution in [2.24, 2.45) is 0 Å². The monoisotopic (exact) mass is 348 g/mol. The summed E-state index contributed by atoms with van der Waals surface area (Å²) in [6.07, 6.45) is 0.374. The van der Waals surface area contributed by atoms with E-state index in [4.69, 9.17) is 4.74 Å². The number of benzene rings is 3. The Morgan fingerprint density at radius 2 is 1.50 bits per heavy atom. The van der Waals surface area contributed by atoms with E-state index in [-0.39, 0.29) is 5.75 Å². The molecular formula is C22H20O4. The van der Waals surface area contributed by atoms with Crippen molar-refractivity contribution in [1.29, 1.82) is 0 Å². The lowest BCUT2D eigenvalue weighted by Crippen LogP contribution is -2.14. The van der Waals surface area contributed by atoms with Gasteiger partial charge >= 0.3 is 5.97 Å². The lowest BCUT2D eigenvalue weighted by molar-refractivity contribution is -0.138. The summed E-state index contributed by atoms with van der Waals surface area (Å²) in [4.78, 5) is 11.6. The second-order valence-electron chi connectivity index (χ2n) is 6.10. The van der Waals surface area contributed by atoms with E-state index >= 15 is 0 Å². The molecule has 0 bridgehead atoms. The minimum Gasteiger partial charge on any atom is -0.508 e. The third-order valence-corrected chi connectivity index (χ3v) is 4.21. The van der Waals surface area contributed by atoms with Gasteiger partial charge in [0.1, 0.15) is 18.1 Å². The molecule has 0 radical (unpaired) electrons. The molecule has 132 valence electrons. The van der Waals surface area contributed by atoms with Crippen LogP contribution in [0, 0.1) is 0 Å². The molecule has 0 aromatic heterocycles. The van der Waals surface area contributed by atoms with Crippen LogP contribution in [0.25, 0.3) is 0 Å². The fourth-order valence-electron chi connectivity index (χ4n) is 2.75. The SMILES string of the molecule is O=C(O)C(Cc1ccc(OCc2ccccc2)cc1)c1ccc(O)cc1. The van der Waals surface area contributed by atoms with Crippen molar-refractivity contribution in [1.82, 2.24) is 0 Å². The second-order valence-corrected chi connectivity index (χ2v) is 6.10. The molecule has 0 heterocycles. The largest absolute Gasteiger partial charge is 0.508 e. The maximum atomic E-state index is 11.6. The Morgan fingerprint density at radius 1 is 0.846 bits per heavy atom. The van der Waals surface area contributed by atoms with Gasteiger partial charge in [-0.05, 0) is 47.4 Å². The molecule has 0 aliphatic heterocycles. The Hall–Kier alpha value is -3.27. The number of carboxylic acid groups (broad SMARTS) is 1. The molecule has 4 nitrogen and oxygen atoms in total. The van der Waals surface area contributed by atoms with Gasteiger partial charge in [0.25, 0.3) is 0 Å². The van der Waals surface area contributed by atoms with Crippen molar-refractivity contribution in [3.8, 4) is 11.5 Å². The van der Waals surface area contributed by atoms with E-state index in [0.717, 1.165) is 16.9 Å². The fourth-order valence-corrected chi connectivity index (χ4v) is 2.75. The Morgan fingerprint density at radius 3 is 2.12 bits per heavy atom. The van der Waals surface area contributed by atoms with Gasteiger partial charge in [0.15, 0.2) is 0 Å². The van der Waals surface area contributed by atoms with Gasteiger partial charge in [-0.15, -0.1) is 0 Å². The predicted octanol–water partition coefficient (Wildman–Crippen LogP) is 4.38. The number of carbonyl (C=O) groups is 1. The van der Waals surface area contributed by atoms with Crippen LogP contribution in [0.4, 0.5) is 0 Å². The van der Waals surface area contributed by atoms with Crippen LogP contribution < -0.4 is 4.74 Å². The maximum Gasteiger partial charge on any atom is 0.311 e. The second kappa shape index (κ2) is 8.21. The van der Waals surface area contributed by atoms with E-state index in [1.807, 2.05) is 54.6 Å². The summed E-state index contributed by atoms with van der Waals surface area (Å²) in [5.74, 6) is -0.682. The summed E-state index contributed by atoms with van der Waals surface area (Å²) >= 11 is 0. The molecule has 26 heavy (non-hydrogen) atoms. The number of carboxylic acids is 1. The van der Waals surface area contributed by atoms with Gasteiger partial charge < -0.3 is 14.9 Å². The fraction of sp³-hybridized carbons (Fsp3) is 0.136. The molecule has 0 amide bonds. The summed E-state index contributed by atoms with van der Waals surface area (Å²) in [6, 6.07) is 23.7. The van der Waals surface area contributed by atoms with Crippen LogP contribution >= 0.6 is 0 Å². The normalized spacial score (nSPS) is 11.7. The molecule has 3 rings (SSSR count). The molecule has 0 aliphatic carbocycles. The van der Waals surface area contributed by atoms with Crippen molar-refractivity contribution in [3.05, 3.63) is 95.6 Å². The first-order chi connectivity index (χ1) is 12.6. The highest BCUT2D eigenvalue weighted by molar-refractivity contribution is 5.76. The van der Waals surface area contributed by atoms with Crippen LogP contribution in [0.1, 0.15) is 22.6 Å². The third kappa shape index (κ3) is 4.63. The first-order valence-electron chi connectivity index (χ1n) is 8.39. The zero-order chi connectivity index (χ0) is 18.4. The van der Waals surface area contributed by atoms with Crippen LogP contribution in [0.2, 0.25) is 0 Å². The number of phenols is 1. The molecule has 4 heteroatoms. The zero-order valence-corrected chi connectivity index (χ0v) is 14.2. The summed E-state index contributed by atoms with van der Waals surface area (Å²) in [5.41, 5.74) is 2.67. The van der Waals surface area contributed by atoms with Crippen LogP contribution in [-0.4, -0.2) is 16.2 Å². The van der Waals surface area contributed by atoms with Crippen molar-refractivity contribution in [2.45, 2.75) is 18.9 Å². The smallest absolute Gasteiger partial charge is 0.311 e. The van der Waals surface area contributed by atoms with Gasteiger partial charge in [0.05, 0.1) is 5.92 Å². The molecular weight excluding hydrogens is 328 g/mol. The van der Waals surface area contributed by atoms with Gasteiger partial charge in [-0.3, -0.25) is 4.79 Å². The van der Waals surface area contributed by atoms with E-state index < -0.39 is 11.9 Å². The molecule has 0 fully saturated rings. The number of phenolic OH excluding ortho intramolecular Hbond substituents is 1. The highest BCUT2D eigenvalue weighted by Gasteiger charge is 2.20. The van der Waals surface area contributed by atoms with Crippen LogP contribution in [0.5, 0.6) is 11.5 Å². The summed E-state index contributed by atoms with van der Waals surface area (Å²) in [6.45, 7) is 0.492. The van der Waals surface area contributed by atoms with Crippen molar-refractivity contribution in [2.75, 3.05) is 0 Å². The minimum absolute atomic E-state index is 0.123. The quantitative estimate of drug-likeness (QED) is 0.665. The third-order valence-electron chi connectivity index (χ3n) is 4.21. The molecule has 0 spiro atoms. The highest BCUT2D eigenvalue weighted by Crippen LogP contribution is 2.24. The van der Waals surface area contributed by atoms with Gasteiger partial charge in [0.2, 0.25) is 0 Å².